The number of hydrogen-bond acceptors (Lipinski definition) is 3. The first-order valence-corrected chi connectivity index (χ1v) is 7.47. The molecule has 7 nitrogen and oxygen atoms in total. The molecule has 0 radical (unpaired) electrons. The summed E-state index contributed by atoms with van der Waals surface area (Å²) in [5.41, 5.74) is 0. The highest BCUT2D eigenvalue weighted by Gasteiger charge is 2.43. The molecule has 3 N–H and O–H groups in total. The summed E-state index contributed by atoms with van der Waals surface area (Å²) in [7, 11) is 0. The smallest absolute Gasteiger partial charge is 0.326 e. The lowest BCUT2D eigenvalue weighted by Gasteiger charge is -2.36. The fraction of sp³-hybridized carbons (Fsp3) is 0.786. The maximum absolute atomic E-state index is 12.4. The van der Waals surface area contributed by atoms with Crippen LogP contribution >= 0.6 is 0 Å². The second-order valence-corrected chi connectivity index (χ2v) is 6.22. The van der Waals surface area contributed by atoms with E-state index in [2.05, 4.69) is 10.6 Å². The second-order valence-electron chi connectivity index (χ2n) is 6.22. The molecule has 0 bridgehead atoms. The minimum absolute atomic E-state index is 0.00513. The SMILES string of the molecule is CC(C)C[C@@H](NC(=O)N1CCCC2C(=O)NCC21)C(=O)O. The van der Waals surface area contributed by atoms with Crippen molar-refractivity contribution in [3.8, 4) is 0 Å². The van der Waals surface area contributed by atoms with E-state index >= 15 is 0 Å². The highest BCUT2D eigenvalue weighted by molar-refractivity contribution is 5.86. The van der Waals surface area contributed by atoms with Gasteiger partial charge in [-0.05, 0) is 25.2 Å². The maximum Gasteiger partial charge on any atom is 0.326 e. The first-order chi connectivity index (χ1) is 9.90. The minimum atomic E-state index is -1.02. The Labute approximate surface area is 124 Å². The molecule has 2 aliphatic heterocycles. The van der Waals surface area contributed by atoms with Gasteiger partial charge in [-0.15, -0.1) is 0 Å². The summed E-state index contributed by atoms with van der Waals surface area (Å²) in [6, 6.07) is -1.42. The Morgan fingerprint density at radius 1 is 1.48 bits per heavy atom. The number of carboxylic acids is 1. The van der Waals surface area contributed by atoms with Gasteiger partial charge in [-0.2, -0.15) is 0 Å². The van der Waals surface area contributed by atoms with Crippen molar-refractivity contribution in [3.05, 3.63) is 0 Å². The van der Waals surface area contributed by atoms with Crippen molar-refractivity contribution in [1.29, 1.82) is 0 Å². The molecule has 0 aromatic rings. The predicted molar refractivity (Wildman–Crippen MR) is 75.6 cm³/mol. The van der Waals surface area contributed by atoms with Crippen LogP contribution in [0.1, 0.15) is 33.1 Å². The molecule has 7 heteroatoms. The van der Waals surface area contributed by atoms with Crippen molar-refractivity contribution >= 4 is 17.9 Å². The van der Waals surface area contributed by atoms with Crippen LogP contribution in [0.4, 0.5) is 4.79 Å². The molecule has 2 heterocycles. The molecule has 2 unspecified atom stereocenters. The number of urea groups is 1. The second kappa shape index (κ2) is 6.32. The molecule has 0 aliphatic carbocycles. The number of piperidine rings is 1. The number of carbonyl (C=O) groups is 3. The van der Waals surface area contributed by atoms with Crippen molar-refractivity contribution in [2.45, 2.75) is 45.2 Å². The Balaban J connectivity index is 2.01. The molecule has 2 aliphatic rings. The van der Waals surface area contributed by atoms with Gasteiger partial charge in [0, 0.05) is 13.1 Å². The highest BCUT2D eigenvalue weighted by Crippen LogP contribution is 2.27. The number of rotatable bonds is 4. The molecule has 3 atom stereocenters. The summed E-state index contributed by atoms with van der Waals surface area (Å²) in [6.07, 6.45) is 1.94. The summed E-state index contributed by atoms with van der Waals surface area (Å²) in [5.74, 6) is -1.01. The van der Waals surface area contributed by atoms with Crippen LogP contribution in [0.2, 0.25) is 0 Å². The number of aliphatic carboxylic acids is 1. The summed E-state index contributed by atoms with van der Waals surface area (Å²) < 4.78 is 0. The molecule has 2 rings (SSSR count). The molecule has 3 amide bonds. The average Bonchev–Trinajstić information content (AvgIpc) is 2.79. The van der Waals surface area contributed by atoms with Crippen LogP contribution in [0, 0.1) is 11.8 Å². The minimum Gasteiger partial charge on any atom is -0.480 e. The van der Waals surface area contributed by atoms with Crippen molar-refractivity contribution in [3.63, 3.8) is 0 Å². The molecule has 2 saturated heterocycles. The van der Waals surface area contributed by atoms with Gasteiger partial charge in [-0.3, -0.25) is 4.79 Å². The van der Waals surface area contributed by atoms with E-state index in [-0.39, 0.29) is 29.8 Å². The van der Waals surface area contributed by atoms with Gasteiger partial charge in [0.15, 0.2) is 0 Å². The van der Waals surface area contributed by atoms with Gasteiger partial charge < -0.3 is 20.6 Å². The number of nitrogens with one attached hydrogen (secondary N) is 2. The summed E-state index contributed by atoms with van der Waals surface area (Å²) in [6.45, 7) is 4.85. The zero-order valence-electron chi connectivity index (χ0n) is 12.5. The standard InChI is InChI=1S/C14H23N3O4/c1-8(2)6-10(13(19)20)16-14(21)17-5-3-4-9-11(17)7-15-12(9)18/h8-11H,3-7H2,1-2H3,(H,15,18)(H,16,21)(H,19,20)/t9?,10-,11?/m1/s1. The molecule has 0 spiro atoms. The van der Waals surface area contributed by atoms with Gasteiger partial charge in [0.2, 0.25) is 5.91 Å². The van der Waals surface area contributed by atoms with E-state index in [4.69, 9.17) is 0 Å². The summed E-state index contributed by atoms with van der Waals surface area (Å²) in [5, 5.41) is 14.6. The third kappa shape index (κ3) is 3.46. The Hall–Kier alpha value is -1.79. The number of hydrogen-bond donors (Lipinski definition) is 3. The first kappa shape index (κ1) is 15.6. The quantitative estimate of drug-likeness (QED) is 0.699. The fourth-order valence-corrected chi connectivity index (χ4v) is 3.13. The van der Waals surface area contributed by atoms with Gasteiger partial charge >= 0.3 is 12.0 Å². The normalized spacial score (nSPS) is 26.2. The number of amides is 3. The van der Waals surface area contributed by atoms with Gasteiger partial charge in [0.1, 0.15) is 6.04 Å². The van der Waals surface area contributed by atoms with E-state index in [1.807, 2.05) is 13.8 Å². The van der Waals surface area contributed by atoms with Gasteiger partial charge in [0.25, 0.3) is 0 Å². The van der Waals surface area contributed by atoms with E-state index in [1.165, 1.54) is 0 Å². The van der Waals surface area contributed by atoms with Crippen molar-refractivity contribution in [1.82, 2.24) is 15.5 Å². The number of likely N-dealkylation sites (tertiary alicyclic amines) is 1. The number of carbonyl (C=O) groups excluding carboxylic acids is 2. The number of nitrogens with zero attached hydrogens (tertiary/aromatic N) is 1. The summed E-state index contributed by atoms with van der Waals surface area (Å²) >= 11 is 0. The maximum atomic E-state index is 12.4. The Bertz CT molecular complexity index is 438. The van der Waals surface area contributed by atoms with E-state index in [0.29, 0.717) is 19.5 Å². The average molecular weight is 297 g/mol. The third-order valence-electron chi connectivity index (χ3n) is 4.16. The molecular weight excluding hydrogens is 274 g/mol. The lowest BCUT2D eigenvalue weighted by Crippen LogP contribution is -2.55. The lowest BCUT2D eigenvalue weighted by atomic mass is 9.92. The van der Waals surface area contributed by atoms with Crippen LogP contribution in [0.15, 0.2) is 0 Å². The highest BCUT2D eigenvalue weighted by atomic mass is 16.4. The van der Waals surface area contributed by atoms with Crippen molar-refractivity contribution in [2.75, 3.05) is 13.1 Å². The van der Waals surface area contributed by atoms with E-state index < -0.39 is 12.0 Å². The predicted octanol–water partition coefficient (Wildman–Crippen LogP) is 0.406. The monoisotopic (exact) mass is 297 g/mol. The Kier molecular flexibility index (Phi) is 4.69. The van der Waals surface area contributed by atoms with Crippen LogP contribution in [0.3, 0.4) is 0 Å². The first-order valence-electron chi connectivity index (χ1n) is 7.47. The van der Waals surface area contributed by atoms with E-state index in [9.17, 15) is 19.5 Å². The van der Waals surface area contributed by atoms with Gasteiger partial charge in [-0.1, -0.05) is 13.8 Å². The molecule has 0 aromatic heterocycles. The van der Waals surface area contributed by atoms with Gasteiger partial charge in [0.05, 0.1) is 12.0 Å². The van der Waals surface area contributed by atoms with Crippen LogP contribution in [0.25, 0.3) is 0 Å². The van der Waals surface area contributed by atoms with Crippen LogP contribution in [-0.2, 0) is 9.59 Å². The van der Waals surface area contributed by atoms with Crippen molar-refractivity contribution in [2.24, 2.45) is 11.8 Å². The number of fused-ring (bicyclic) bond motifs is 1. The Morgan fingerprint density at radius 2 is 2.19 bits per heavy atom. The topological polar surface area (TPSA) is 98.7 Å². The van der Waals surface area contributed by atoms with Crippen LogP contribution in [0.5, 0.6) is 0 Å². The van der Waals surface area contributed by atoms with Crippen LogP contribution in [-0.4, -0.2) is 53.1 Å². The van der Waals surface area contributed by atoms with E-state index in [1.54, 1.807) is 4.90 Å². The fourth-order valence-electron chi connectivity index (χ4n) is 3.13. The largest absolute Gasteiger partial charge is 0.480 e. The number of carboxylic acid groups (broad SMARTS) is 1. The third-order valence-corrected chi connectivity index (χ3v) is 4.16. The zero-order chi connectivity index (χ0) is 15.6. The summed E-state index contributed by atoms with van der Waals surface area (Å²) in [4.78, 5) is 36.9. The molecule has 21 heavy (non-hydrogen) atoms. The molecule has 118 valence electrons. The molecule has 0 saturated carbocycles. The molecule has 2 fully saturated rings. The molecule has 0 aromatic carbocycles. The van der Waals surface area contributed by atoms with E-state index in [0.717, 1.165) is 12.8 Å². The zero-order valence-corrected chi connectivity index (χ0v) is 12.5. The van der Waals surface area contributed by atoms with Crippen LogP contribution < -0.4 is 10.6 Å². The molecular formula is C14H23N3O4. The van der Waals surface area contributed by atoms with Crippen molar-refractivity contribution < 1.29 is 19.5 Å². The lowest BCUT2D eigenvalue weighted by molar-refractivity contribution is -0.139. The Morgan fingerprint density at radius 3 is 2.81 bits per heavy atom. The van der Waals surface area contributed by atoms with Gasteiger partial charge in [-0.25, -0.2) is 9.59 Å².